The number of amides is 1. The Kier molecular flexibility index (Phi) is 7.84. The maximum absolute atomic E-state index is 13.7. The Hall–Kier alpha value is -4.75. The molecule has 42 heavy (non-hydrogen) atoms. The highest BCUT2D eigenvalue weighted by Crippen LogP contribution is 2.40. The number of halogens is 1. The molecule has 1 amide bonds. The fourth-order valence-electron chi connectivity index (χ4n) is 4.60. The summed E-state index contributed by atoms with van der Waals surface area (Å²) in [5, 5.41) is 16.7. The number of carbonyl (C=O) groups is 1. The predicted octanol–water partition coefficient (Wildman–Crippen LogP) is 5.28. The van der Waals surface area contributed by atoms with Crippen molar-refractivity contribution in [1.82, 2.24) is 20.2 Å². The number of H-pyrrole nitrogens is 1. The summed E-state index contributed by atoms with van der Waals surface area (Å²) in [5.41, 5.74) is 2.59. The predicted molar refractivity (Wildman–Crippen MR) is 158 cm³/mol. The van der Waals surface area contributed by atoms with Crippen molar-refractivity contribution in [3.8, 4) is 0 Å². The summed E-state index contributed by atoms with van der Waals surface area (Å²) >= 11 is 6.35. The van der Waals surface area contributed by atoms with E-state index in [2.05, 4.69) is 41.0 Å². The zero-order valence-corrected chi connectivity index (χ0v) is 23.5. The Bertz CT molecular complexity index is 1600. The van der Waals surface area contributed by atoms with E-state index in [1.54, 1.807) is 36.4 Å². The molecule has 6 rings (SSSR count). The molecule has 4 aromatic rings. The highest BCUT2D eigenvalue weighted by molar-refractivity contribution is 6.33. The lowest BCUT2D eigenvalue weighted by Crippen LogP contribution is -2.36. The molecular formula is C28H29ClN9O4+. The first-order chi connectivity index (χ1) is 20.5. The molecular weight excluding hydrogens is 562 g/mol. The van der Waals surface area contributed by atoms with Crippen LogP contribution in [0.2, 0.25) is 5.02 Å². The number of carbonyl (C=O) groups excluding carboxylic acids is 1. The third kappa shape index (κ3) is 6.11. The topological polar surface area (TPSA) is 149 Å². The van der Waals surface area contributed by atoms with Crippen molar-refractivity contribution in [2.24, 2.45) is 0 Å². The molecule has 4 N–H and O–H groups in total. The molecule has 0 atom stereocenters. The lowest BCUT2D eigenvalue weighted by molar-refractivity contribution is -0.736. The van der Waals surface area contributed by atoms with Gasteiger partial charge in [-0.15, -0.1) is 0 Å². The molecule has 14 heteroatoms. The van der Waals surface area contributed by atoms with Crippen molar-refractivity contribution < 1.29 is 19.3 Å². The van der Waals surface area contributed by atoms with Crippen LogP contribution in [0.4, 0.5) is 40.3 Å². The van der Waals surface area contributed by atoms with Gasteiger partial charge in [-0.2, -0.15) is 15.1 Å². The van der Waals surface area contributed by atoms with Gasteiger partial charge in [-0.05, 0) is 49.2 Å². The van der Waals surface area contributed by atoms with Gasteiger partial charge in [0.25, 0.3) is 10.8 Å². The molecule has 1 aliphatic carbocycles. The fraction of sp³-hybridized carbons (Fsp3) is 0.286. The molecule has 2 aromatic heterocycles. The van der Waals surface area contributed by atoms with Crippen LogP contribution in [0.25, 0.3) is 0 Å². The van der Waals surface area contributed by atoms with Crippen LogP contribution in [0.1, 0.15) is 34.9 Å². The monoisotopic (exact) mass is 590 g/mol. The van der Waals surface area contributed by atoms with Crippen LogP contribution < -0.4 is 20.9 Å². The van der Waals surface area contributed by atoms with E-state index in [0.29, 0.717) is 41.3 Å². The summed E-state index contributed by atoms with van der Waals surface area (Å²) in [7, 11) is 1.19. The third-order valence-corrected chi connectivity index (χ3v) is 7.26. The first kappa shape index (κ1) is 27.4. The van der Waals surface area contributed by atoms with Gasteiger partial charge in [0.1, 0.15) is 0 Å². The van der Waals surface area contributed by atoms with Crippen molar-refractivity contribution in [2.75, 3.05) is 54.3 Å². The van der Waals surface area contributed by atoms with Gasteiger partial charge in [-0.1, -0.05) is 23.7 Å². The molecule has 1 saturated carbocycles. The molecule has 2 fully saturated rings. The smallest absolute Gasteiger partial charge is 0.378 e. The number of aromatic amines is 1. The molecule has 216 valence electrons. The minimum atomic E-state index is -0.643. The van der Waals surface area contributed by atoms with Gasteiger partial charge in [0.2, 0.25) is 17.5 Å². The van der Waals surface area contributed by atoms with E-state index in [-0.39, 0.29) is 28.1 Å². The molecule has 2 aromatic carbocycles. The van der Waals surface area contributed by atoms with E-state index in [4.69, 9.17) is 21.2 Å². The van der Waals surface area contributed by atoms with E-state index < -0.39 is 5.91 Å². The zero-order valence-electron chi connectivity index (χ0n) is 22.8. The van der Waals surface area contributed by atoms with Crippen LogP contribution in [0.5, 0.6) is 0 Å². The van der Waals surface area contributed by atoms with Crippen molar-refractivity contribution in [1.29, 1.82) is 0 Å². The summed E-state index contributed by atoms with van der Waals surface area (Å²) in [4.78, 5) is 42.9. The summed E-state index contributed by atoms with van der Waals surface area (Å²) in [5.74, 6) is 0.259. The van der Waals surface area contributed by atoms with Crippen LogP contribution in [0, 0.1) is 4.91 Å². The van der Waals surface area contributed by atoms with Crippen LogP contribution in [0.3, 0.4) is 0 Å². The summed E-state index contributed by atoms with van der Waals surface area (Å²) in [6.07, 6.45) is 2.17. The summed E-state index contributed by atoms with van der Waals surface area (Å²) in [6, 6.07) is 16.3. The second-order valence-electron chi connectivity index (χ2n) is 9.85. The quantitative estimate of drug-likeness (QED) is 0.180. The van der Waals surface area contributed by atoms with Gasteiger partial charge in [0, 0.05) is 42.1 Å². The largest absolute Gasteiger partial charge is 0.390 e. The number of para-hydroxylation sites is 1. The molecule has 13 nitrogen and oxygen atoms in total. The van der Waals surface area contributed by atoms with Crippen LogP contribution in [-0.2, 0) is 9.57 Å². The van der Waals surface area contributed by atoms with Crippen molar-refractivity contribution in [2.45, 2.75) is 18.8 Å². The molecule has 1 saturated heterocycles. The van der Waals surface area contributed by atoms with E-state index in [0.717, 1.165) is 37.3 Å². The van der Waals surface area contributed by atoms with Gasteiger partial charge < -0.3 is 25.6 Å². The van der Waals surface area contributed by atoms with E-state index in [1.807, 2.05) is 18.2 Å². The lowest BCUT2D eigenvalue weighted by Gasteiger charge is -2.28. The number of morpholine rings is 1. The first-order valence-electron chi connectivity index (χ1n) is 13.5. The van der Waals surface area contributed by atoms with Gasteiger partial charge in [-0.3, -0.25) is 9.89 Å². The van der Waals surface area contributed by atoms with Crippen molar-refractivity contribution >= 4 is 57.8 Å². The number of ether oxygens (including phenoxy) is 1. The Morgan fingerprint density at radius 1 is 1.10 bits per heavy atom. The highest BCUT2D eigenvalue weighted by Gasteiger charge is 2.35. The second kappa shape index (κ2) is 12.0. The van der Waals surface area contributed by atoms with Crippen LogP contribution in [0.15, 0.2) is 54.6 Å². The number of nitrogens with zero attached hydrogens (tertiary/aromatic N) is 5. The molecule has 2 aliphatic rings. The Morgan fingerprint density at radius 3 is 2.57 bits per heavy atom. The number of anilines is 6. The number of hydrogen-bond donors (Lipinski definition) is 4. The number of rotatable bonds is 10. The van der Waals surface area contributed by atoms with Crippen LogP contribution in [-0.4, -0.2) is 64.4 Å². The van der Waals surface area contributed by atoms with E-state index >= 15 is 0 Å². The molecule has 3 heterocycles. The van der Waals surface area contributed by atoms with Gasteiger partial charge >= 0.3 is 5.69 Å². The minimum absolute atomic E-state index is 0.0121. The summed E-state index contributed by atoms with van der Waals surface area (Å²) in [6.45, 7) is 2.92. The number of hydrogen-bond acceptors (Lipinski definition) is 10. The van der Waals surface area contributed by atoms with Gasteiger partial charge in [0.15, 0.2) is 12.9 Å². The van der Waals surface area contributed by atoms with Crippen LogP contribution >= 0.6 is 11.6 Å². The van der Waals surface area contributed by atoms with Gasteiger partial charge in [0.05, 0.1) is 28.8 Å². The molecule has 0 bridgehead atoms. The standard InChI is InChI=1S/C28H28ClN9O4/c1-41-38(40)25-24(27(39)30-18-8-10-19(11-9-18)37-12-14-42-15-13-37)33-28(31-21-5-3-2-4-20(21)29)34-26(25)32-23-16-22(35-36-23)17-6-7-17/h2-5,8-11,16-17H,6-7,12-15H2,1H3,(H3-,30,31,32,33,34,35,36,39,40)/p+1. The normalized spacial score (nSPS) is 14.8. The number of nitrogens with one attached hydrogen (secondary N) is 4. The number of benzene rings is 2. The fourth-order valence-corrected chi connectivity index (χ4v) is 4.78. The molecule has 0 radical (unpaired) electrons. The zero-order chi connectivity index (χ0) is 29.1. The van der Waals surface area contributed by atoms with Gasteiger partial charge in [-0.25, -0.2) is 4.84 Å². The van der Waals surface area contributed by atoms with E-state index in [1.165, 1.54) is 7.11 Å². The van der Waals surface area contributed by atoms with Crippen molar-refractivity contribution in [3.63, 3.8) is 0 Å². The number of aromatic nitrogens is 4. The maximum atomic E-state index is 13.7. The maximum Gasteiger partial charge on any atom is 0.390 e. The molecule has 0 unspecified atom stereocenters. The van der Waals surface area contributed by atoms with E-state index in [9.17, 15) is 9.70 Å². The molecule has 0 spiro atoms. The van der Waals surface area contributed by atoms with Crippen molar-refractivity contribution in [3.05, 3.63) is 75.9 Å². The summed E-state index contributed by atoms with van der Waals surface area (Å²) < 4.78 is 5.43. The lowest BCUT2D eigenvalue weighted by atomic mass is 10.2. The minimum Gasteiger partial charge on any atom is -0.378 e. The Labute approximate surface area is 246 Å². The third-order valence-electron chi connectivity index (χ3n) is 6.93. The highest BCUT2D eigenvalue weighted by atomic mass is 35.5. The average molecular weight is 591 g/mol. The Morgan fingerprint density at radius 2 is 1.86 bits per heavy atom. The second-order valence-corrected chi connectivity index (χ2v) is 10.3. The first-order valence-corrected chi connectivity index (χ1v) is 13.9. The average Bonchev–Trinajstić information content (AvgIpc) is 3.77. The SMILES string of the molecule is CO[N+](=O)c1c(Nc2cc(C3CC3)[nH]n2)nc(Nc2ccccc2Cl)nc1C(=O)Nc1ccc(N2CCOCC2)cc1. The Balaban J connectivity index is 1.34. The molecule has 1 aliphatic heterocycles.